The first-order valence-corrected chi connectivity index (χ1v) is 8.28. The second-order valence-corrected chi connectivity index (χ2v) is 5.86. The maximum absolute atomic E-state index is 12.0. The number of hydrogen-bond donors (Lipinski definition) is 2. The molecular weight excluding hydrogens is 312 g/mol. The molecule has 25 heavy (non-hydrogen) atoms. The first kappa shape index (κ1) is 16.7. The summed E-state index contributed by atoms with van der Waals surface area (Å²) in [6.45, 7) is 2.10. The lowest BCUT2D eigenvalue weighted by Gasteiger charge is -2.05. The number of phenols is 1. The molecule has 0 atom stereocenters. The lowest BCUT2D eigenvalue weighted by molar-refractivity contribution is -0.120. The maximum atomic E-state index is 12.0. The van der Waals surface area contributed by atoms with E-state index < -0.39 is 0 Å². The molecule has 3 aromatic carbocycles. The molecule has 3 rings (SSSR count). The largest absolute Gasteiger partial charge is 0.507 e. The quantitative estimate of drug-likeness (QED) is 0.551. The highest BCUT2D eigenvalue weighted by atomic mass is 16.3. The van der Waals surface area contributed by atoms with E-state index in [1.165, 1.54) is 11.8 Å². The molecule has 1 amide bonds. The standard InChI is InChI=1S/C21H20N2O2/c1-2-15-7-9-16(10-8-15)13-21(25)23-22-14-19-18-6-4-3-5-17(18)11-12-20(19)24/h3-12,14,24H,2,13H2,1H3,(H,23,25)/b22-14-. The van der Waals surface area contributed by atoms with Crippen LogP contribution in [0.1, 0.15) is 23.6 Å². The Morgan fingerprint density at radius 3 is 2.52 bits per heavy atom. The predicted octanol–water partition coefficient (Wildman–Crippen LogP) is 3.80. The van der Waals surface area contributed by atoms with Crippen molar-refractivity contribution < 1.29 is 9.90 Å². The normalized spacial score (nSPS) is 11.1. The monoisotopic (exact) mass is 332 g/mol. The van der Waals surface area contributed by atoms with E-state index >= 15 is 0 Å². The minimum Gasteiger partial charge on any atom is -0.507 e. The van der Waals surface area contributed by atoms with Crippen LogP contribution in [-0.4, -0.2) is 17.2 Å². The van der Waals surface area contributed by atoms with Crippen molar-refractivity contribution in [2.45, 2.75) is 19.8 Å². The molecule has 0 aromatic heterocycles. The number of fused-ring (bicyclic) bond motifs is 1. The van der Waals surface area contributed by atoms with Gasteiger partial charge in [-0.2, -0.15) is 5.10 Å². The number of aryl methyl sites for hydroxylation is 1. The van der Waals surface area contributed by atoms with Gasteiger partial charge in [-0.25, -0.2) is 5.43 Å². The van der Waals surface area contributed by atoms with Crippen molar-refractivity contribution in [1.29, 1.82) is 0 Å². The van der Waals surface area contributed by atoms with E-state index in [0.717, 1.165) is 22.8 Å². The summed E-state index contributed by atoms with van der Waals surface area (Å²) < 4.78 is 0. The van der Waals surface area contributed by atoms with Crippen LogP contribution in [0.3, 0.4) is 0 Å². The van der Waals surface area contributed by atoms with Crippen LogP contribution in [0.5, 0.6) is 5.75 Å². The summed E-state index contributed by atoms with van der Waals surface area (Å²) in [6, 6.07) is 19.2. The van der Waals surface area contributed by atoms with E-state index in [1.54, 1.807) is 6.07 Å². The van der Waals surface area contributed by atoms with Crippen LogP contribution in [0.4, 0.5) is 0 Å². The van der Waals surface area contributed by atoms with E-state index in [2.05, 4.69) is 17.5 Å². The zero-order valence-electron chi connectivity index (χ0n) is 14.1. The molecule has 2 N–H and O–H groups in total. The number of hydrazone groups is 1. The minimum atomic E-state index is -0.194. The molecule has 0 aliphatic carbocycles. The Balaban J connectivity index is 1.68. The average molecular weight is 332 g/mol. The van der Waals surface area contributed by atoms with Gasteiger partial charge in [-0.05, 0) is 34.4 Å². The van der Waals surface area contributed by atoms with Crippen molar-refractivity contribution in [2.24, 2.45) is 5.10 Å². The number of phenolic OH excluding ortho intramolecular Hbond substituents is 1. The summed E-state index contributed by atoms with van der Waals surface area (Å²) in [5.74, 6) is -0.0629. The molecule has 0 spiro atoms. The van der Waals surface area contributed by atoms with Crippen LogP contribution in [0.2, 0.25) is 0 Å². The predicted molar refractivity (Wildman–Crippen MR) is 101 cm³/mol. The van der Waals surface area contributed by atoms with E-state index in [-0.39, 0.29) is 18.1 Å². The number of carbonyl (C=O) groups is 1. The lowest BCUT2D eigenvalue weighted by Crippen LogP contribution is -2.19. The van der Waals surface area contributed by atoms with Gasteiger partial charge >= 0.3 is 0 Å². The van der Waals surface area contributed by atoms with E-state index in [9.17, 15) is 9.90 Å². The minimum absolute atomic E-state index is 0.131. The highest BCUT2D eigenvalue weighted by Crippen LogP contribution is 2.25. The van der Waals surface area contributed by atoms with Gasteiger partial charge in [0, 0.05) is 5.56 Å². The molecule has 0 radical (unpaired) electrons. The van der Waals surface area contributed by atoms with Gasteiger partial charge in [0.1, 0.15) is 5.75 Å². The van der Waals surface area contributed by atoms with Crippen molar-refractivity contribution in [3.05, 3.63) is 77.4 Å². The lowest BCUT2D eigenvalue weighted by atomic mass is 10.0. The number of rotatable bonds is 5. The number of carbonyl (C=O) groups excluding carboxylic acids is 1. The fourth-order valence-corrected chi connectivity index (χ4v) is 2.71. The number of nitrogens with one attached hydrogen (secondary N) is 1. The second kappa shape index (κ2) is 7.62. The smallest absolute Gasteiger partial charge is 0.244 e. The molecule has 0 aliphatic heterocycles. The summed E-state index contributed by atoms with van der Waals surface area (Å²) in [5, 5.41) is 15.9. The van der Waals surface area contributed by atoms with Gasteiger partial charge in [0.2, 0.25) is 5.91 Å². The van der Waals surface area contributed by atoms with Gasteiger partial charge < -0.3 is 5.11 Å². The van der Waals surface area contributed by atoms with E-state index in [0.29, 0.717) is 5.56 Å². The molecule has 0 unspecified atom stereocenters. The van der Waals surface area contributed by atoms with Crippen molar-refractivity contribution in [2.75, 3.05) is 0 Å². The molecular formula is C21H20N2O2. The highest BCUT2D eigenvalue weighted by Gasteiger charge is 2.05. The van der Waals surface area contributed by atoms with Gasteiger partial charge in [-0.1, -0.05) is 61.5 Å². The fourth-order valence-electron chi connectivity index (χ4n) is 2.71. The third-order valence-electron chi connectivity index (χ3n) is 4.13. The molecule has 0 fully saturated rings. The number of hydrogen-bond acceptors (Lipinski definition) is 3. The SMILES string of the molecule is CCc1ccc(CC(=O)N/N=C\c2c(O)ccc3ccccc23)cc1. The number of aromatic hydroxyl groups is 1. The molecule has 4 heteroatoms. The first-order chi connectivity index (χ1) is 12.2. The highest BCUT2D eigenvalue weighted by molar-refractivity contribution is 6.02. The van der Waals surface area contributed by atoms with Crippen LogP contribution < -0.4 is 5.43 Å². The molecule has 0 saturated carbocycles. The Bertz CT molecular complexity index is 915. The van der Waals surface area contributed by atoms with Crippen molar-refractivity contribution in [3.63, 3.8) is 0 Å². The Kier molecular flexibility index (Phi) is 5.09. The second-order valence-electron chi connectivity index (χ2n) is 5.86. The summed E-state index contributed by atoms with van der Waals surface area (Å²) in [5.41, 5.74) is 5.29. The topological polar surface area (TPSA) is 61.7 Å². The molecule has 0 aliphatic rings. The van der Waals surface area contributed by atoms with Gasteiger partial charge in [-0.15, -0.1) is 0 Å². The van der Waals surface area contributed by atoms with Crippen LogP contribution in [0.15, 0.2) is 65.8 Å². The molecule has 126 valence electrons. The fraction of sp³-hybridized carbons (Fsp3) is 0.143. The summed E-state index contributed by atoms with van der Waals surface area (Å²) in [7, 11) is 0. The molecule has 4 nitrogen and oxygen atoms in total. The van der Waals surface area contributed by atoms with Crippen molar-refractivity contribution in [3.8, 4) is 5.75 Å². The number of amides is 1. The van der Waals surface area contributed by atoms with Crippen LogP contribution in [0.25, 0.3) is 10.8 Å². The van der Waals surface area contributed by atoms with E-state index in [4.69, 9.17) is 0 Å². The molecule has 0 saturated heterocycles. The van der Waals surface area contributed by atoms with Gasteiger partial charge in [-0.3, -0.25) is 4.79 Å². The molecule has 3 aromatic rings. The van der Waals surface area contributed by atoms with Gasteiger partial charge in [0.15, 0.2) is 0 Å². The van der Waals surface area contributed by atoms with Crippen molar-refractivity contribution >= 4 is 22.9 Å². The third kappa shape index (κ3) is 4.04. The van der Waals surface area contributed by atoms with Gasteiger partial charge in [0.25, 0.3) is 0 Å². The molecule has 0 bridgehead atoms. The average Bonchev–Trinajstić information content (AvgIpc) is 2.64. The van der Waals surface area contributed by atoms with Crippen LogP contribution >= 0.6 is 0 Å². The van der Waals surface area contributed by atoms with Gasteiger partial charge in [0.05, 0.1) is 12.6 Å². The number of nitrogens with zero attached hydrogens (tertiary/aromatic N) is 1. The Morgan fingerprint density at radius 1 is 1.04 bits per heavy atom. The third-order valence-corrected chi connectivity index (χ3v) is 4.13. The summed E-state index contributed by atoms with van der Waals surface area (Å²) >= 11 is 0. The maximum Gasteiger partial charge on any atom is 0.244 e. The Morgan fingerprint density at radius 2 is 1.76 bits per heavy atom. The Hall–Kier alpha value is -3.14. The zero-order chi connectivity index (χ0) is 17.6. The number of benzene rings is 3. The Labute approximate surface area is 146 Å². The zero-order valence-corrected chi connectivity index (χ0v) is 14.1. The van der Waals surface area contributed by atoms with Crippen LogP contribution in [0, 0.1) is 0 Å². The first-order valence-electron chi connectivity index (χ1n) is 8.28. The van der Waals surface area contributed by atoms with Crippen molar-refractivity contribution in [1.82, 2.24) is 5.43 Å². The van der Waals surface area contributed by atoms with E-state index in [1.807, 2.05) is 54.6 Å². The van der Waals surface area contributed by atoms with Crippen LogP contribution in [-0.2, 0) is 17.6 Å². The summed E-state index contributed by atoms with van der Waals surface area (Å²) in [6.07, 6.45) is 2.73. The summed E-state index contributed by atoms with van der Waals surface area (Å²) in [4.78, 5) is 12.0. The molecule has 0 heterocycles.